The predicted molar refractivity (Wildman–Crippen MR) is 84.0 cm³/mol. The van der Waals surface area contributed by atoms with Crippen molar-refractivity contribution >= 4 is 5.97 Å². The molecule has 2 unspecified atom stereocenters. The molecule has 1 saturated carbocycles. The number of hydrogen-bond donors (Lipinski definition) is 2. The van der Waals surface area contributed by atoms with Gasteiger partial charge in [0, 0.05) is 11.9 Å². The highest BCUT2D eigenvalue weighted by atomic mass is 16.4. The topological polar surface area (TPSA) is 105 Å². The van der Waals surface area contributed by atoms with Gasteiger partial charge in [0.05, 0.1) is 23.7 Å². The Hall–Kier alpha value is -2.65. The fraction of sp³-hybridized carbons (Fsp3) is 0.353. The van der Waals surface area contributed by atoms with Gasteiger partial charge in [-0.3, -0.25) is 4.79 Å². The van der Waals surface area contributed by atoms with Crippen LogP contribution in [0.3, 0.4) is 0 Å². The maximum absolute atomic E-state index is 11.8. The van der Waals surface area contributed by atoms with Crippen LogP contribution in [0.5, 0.6) is 0 Å². The Bertz CT molecular complexity index is 760. The van der Waals surface area contributed by atoms with Gasteiger partial charge in [0.15, 0.2) is 0 Å². The van der Waals surface area contributed by atoms with Crippen molar-refractivity contribution in [3.05, 3.63) is 48.0 Å². The molecule has 0 radical (unpaired) electrons. The molecule has 2 atom stereocenters. The van der Waals surface area contributed by atoms with Crippen molar-refractivity contribution in [3.8, 4) is 11.8 Å². The molecule has 3 rings (SSSR count). The summed E-state index contributed by atoms with van der Waals surface area (Å²) in [6, 6.07) is 9.15. The number of aromatic nitrogens is 2. The van der Waals surface area contributed by atoms with Gasteiger partial charge in [0.2, 0.25) is 0 Å². The Morgan fingerprint density at radius 1 is 1.48 bits per heavy atom. The van der Waals surface area contributed by atoms with Crippen LogP contribution in [0.15, 0.2) is 36.8 Å². The van der Waals surface area contributed by atoms with Crippen LogP contribution in [0.2, 0.25) is 0 Å². The Kier molecular flexibility index (Phi) is 3.89. The van der Waals surface area contributed by atoms with Gasteiger partial charge in [-0.2, -0.15) is 5.26 Å². The van der Waals surface area contributed by atoms with E-state index in [-0.39, 0.29) is 5.92 Å². The maximum Gasteiger partial charge on any atom is 0.316 e. The van der Waals surface area contributed by atoms with Crippen LogP contribution < -0.4 is 5.73 Å². The minimum atomic E-state index is -0.868. The molecule has 1 aliphatic carbocycles. The minimum absolute atomic E-state index is 0.105. The molecule has 0 spiro atoms. The molecular weight excluding hydrogens is 292 g/mol. The number of rotatable bonds is 6. The number of carboxylic acids is 1. The molecular formula is C17H18N4O2. The monoisotopic (exact) mass is 310 g/mol. The molecule has 0 bridgehead atoms. The molecule has 0 saturated heterocycles. The van der Waals surface area contributed by atoms with E-state index in [4.69, 9.17) is 11.0 Å². The van der Waals surface area contributed by atoms with Gasteiger partial charge in [0.1, 0.15) is 5.41 Å². The van der Waals surface area contributed by atoms with Crippen molar-refractivity contribution in [3.63, 3.8) is 0 Å². The van der Waals surface area contributed by atoms with Gasteiger partial charge in [-0.15, -0.1) is 0 Å². The molecule has 6 nitrogen and oxygen atoms in total. The number of nitrogens with two attached hydrogens (primary N) is 1. The van der Waals surface area contributed by atoms with Crippen molar-refractivity contribution in [2.45, 2.75) is 24.7 Å². The van der Waals surface area contributed by atoms with E-state index in [1.54, 1.807) is 29.2 Å². The number of aliphatic carboxylic acids is 1. The van der Waals surface area contributed by atoms with Crippen LogP contribution in [-0.2, 0) is 10.2 Å². The highest BCUT2D eigenvalue weighted by Gasteiger charge is 2.62. The van der Waals surface area contributed by atoms with Gasteiger partial charge in [0.25, 0.3) is 0 Å². The Morgan fingerprint density at radius 2 is 2.22 bits per heavy atom. The summed E-state index contributed by atoms with van der Waals surface area (Å²) in [6.07, 6.45) is 5.66. The first kappa shape index (κ1) is 15.3. The number of benzene rings is 1. The summed E-state index contributed by atoms with van der Waals surface area (Å²) < 4.78 is 1.79. The highest BCUT2D eigenvalue weighted by molar-refractivity contribution is 5.85. The number of imidazole rings is 1. The molecule has 118 valence electrons. The van der Waals surface area contributed by atoms with E-state index in [1.807, 2.05) is 12.1 Å². The average molecular weight is 310 g/mol. The van der Waals surface area contributed by atoms with Gasteiger partial charge in [-0.25, -0.2) is 4.98 Å². The lowest BCUT2D eigenvalue weighted by Crippen LogP contribution is -2.23. The minimum Gasteiger partial charge on any atom is -0.481 e. The third-order valence-electron chi connectivity index (χ3n) is 4.58. The molecule has 1 aromatic carbocycles. The lowest BCUT2D eigenvalue weighted by molar-refractivity contribution is -0.140. The summed E-state index contributed by atoms with van der Waals surface area (Å²) >= 11 is 0. The first-order valence-electron chi connectivity index (χ1n) is 7.60. The predicted octanol–water partition coefficient (Wildman–Crippen LogP) is 1.83. The zero-order valence-electron chi connectivity index (χ0n) is 12.6. The van der Waals surface area contributed by atoms with Gasteiger partial charge < -0.3 is 15.4 Å². The van der Waals surface area contributed by atoms with E-state index in [9.17, 15) is 9.90 Å². The van der Waals surface area contributed by atoms with Crippen LogP contribution >= 0.6 is 0 Å². The summed E-state index contributed by atoms with van der Waals surface area (Å²) in [5.41, 5.74) is 6.68. The third-order valence-corrected chi connectivity index (χ3v) is 4.58. The second-order valence-corrected chi connectivity index (χ2v) is 5.93. The van der Waals surface area contributed by atoms with E-state index in [1.165, 1.54) is 0 Å². The quantitative estimate of drug-likeness (QED) is 0.846. The number of nitriles is 1. The van der Waals surface area contributed by atoms with E-state index in [0.717, 1.165) is 18.5 Å². The number of carboxylic acid groups (broad SMARTS) is 1. The van der Waals surface area contributed by atoms with Gasteiger partial charge in [-0.1, -0.05) is 0 Å². The lowest BCUT2D eigenvalue weighted by atomic mass is 9.98. The Morgan fingerprint density at radius 3 is 2.83 bits per heavy atom. The zero-order valence-corrected chi connectivity index (χ0v) is 12.6. The Balaban J connectivity index is 1.85. The molecule has 1 aromatic heterocycles. The van der Waals surface area contributed by atoms with Crippen molar-refractivity contribution in [2.24, 2.45) is 11.7 Å². The van der Waals surface area contributed by atoms with Crippen molar-refractivity contribution < 1.29 is 9.90 Å². The molecule has 0 aliphatic heterocycles. The highest BCUT2D eigenvalue weighted by Crippen LogP contribution is 2.56. The molecule has 0 amide bonds. The van der Waals surface area contributed by atoms with Crippen molar-refractivity contribution in [2.75, 3.05) is 6.54 Å². The summed E-state index contributed by atoms with van der Waals surface area (Å²) in [6.45, 7) is 0.575. The SMILES string of the molecule is N#Cc1ccc(-n2cnc(C3(C(=O)O)CC3CCCN)c2)cc1. The van der Waals surface area contributed by atoms with Crippen molar-refractivity contribution in [1.82, 2.24) is 9.55 Å². The van der Waals surface area contributed by atoms with Crippen LogP contribution in [0.4, 0.5) is 0 Å². The largest absolute Gasteiger partial charge is 0.481 e. The first-order valence-corrected chi connectivity index (χ1v) is 7.60. The molecule has 1 fully saturated rings. The summed E-state index contributed by atoms with van der Waals surface area (Å²) in [4.78, 5) is 16.1. The standard InChI is InChI=1S/C17H18N4O2/c18-7-1-2-13-8-17(13,16(22)23)15-10-21(11-20-15)14-5-3-12(9-19)4-6-14/h3-6,10-11,13H,1-2,7-8,18H2,(H,22,23). The number of hydrogen-bond acceptors (Lipinski definition) is 4. The summed E-state index contributed by atoms with van der Waals surface area (Å²) in [5.74, 6) is -0.711. The third kappa shape index (κ3) is 2.60. The normalized spacial score (nSPS) is 22.5. The van der Waals surface area contributed by atoms with Crippen LogP contribution in [-0.4, -0.2) is 27.2 Å². The fourth-order valence-corrected chi connectivity index (χ4v) is 3.13. The fourth-order valence-electron chi connectivity index (χ4n) is 3.13. The van der Waals surface area contributed by atoms with Gasteiger partial charge in [-0.05, 0) is 56.0 Å². The summed E-state index contributed by atoms with van der Waals surface area (Å²) in [7, 11) is 0. The van der Waals surface area contributed by atoms with Crippen LogP contribution in [0.1, 0.15) is 30.5 Å². The molecule has 2 aromatic rings. The van der Waals surface area contributed by atoms with E-state index >= 15 is 0 Å². The van der Waals surface area contributed by atoms with E-state index < -0.39 is 11.4 Å². The van der Waals surface area contributed by atoms with Crippen molar-refractivity contribution in [1.29, 1.82) is 5.26 Å². The zero-order chi connectivity index (χ0) is 16.4. The number of carbonyl (C=O) groups is 1. The van der Waals surface area contributed by atoms with E-state index in [2.05, 4.69) is 11.1 Å². The smallest absolute Gasteiger partial charge is 0.316 e. The molecule has 1 heterocycles. The lowest BCUT2D eigenvalue weighted by Gasteiger charge is -2.09. The van der Waals surface area contributed by atoms with Crippen LogP contribution in [0.25, 0.3) is 5.69 Å². The van der Waals surface area contributed by atoms with Crippen LogP contribution in [0, 0.1) is 17.2 Å². The number of nitrogens with zero attached hydrogens (tertiary/aromatic N) is 3. The second kappa shape index (κ2) is 5.86. The molecule has 1 aliphatic rings. The second-order valence-electron chi connectivity index (χ2n) is 5.93. The molecule has 23 heavy (non-hydrogen) atoms. The van der Waals surface area contributed by atoms with E-state index in [0.29, 0.717) is 24.2 Å². The average Bonchev–Trinajstić information content (AvgIpc) is 3.10. The molecule has 3 N–H and O–H groups in total. The molecule has 6 heteroatoms. The summed E-state index contributed by atoms with van der Waals surface area (Å²) in [5, 5.41) is 18.5. The van der Waals surface area contributed by atoms with Gasteiger partial charge >= 0.3 is 5.97 Å². The maximum atomic E-state index is 11.8. The Labute approximate surface area is 134 Å². The first-order chi connectivity index (χ1) is 11.1.